The first kappa shape index (κ1) is 20.9. The Bertz CT molecular complexity index is 1210. The predicted octanol–water partition coefficient (Wildman–Crippen LogP) is 5.76. The number of anilines is 1. The van der Waals surface area contributed by atoms with Gasteiger partial charge in [0.25, 0.3) is 0 Å². The summed E-state index contributed by atoms with van der Waals surface area (Å²) in [5.74, 6) is 2.01. The highest BCUT2D eigenvalue weighted by molar-refractivity contribution is 9.10. The zero-order valence-electron chi connectivity index (χ0n) is 17.4. The molecule has 6 nitrogen and oxygen atoms in total. The second-order valence-electron chi connectivity index (χ2n) is 6.89. The van der Waals surface area contributed by atoms with Gasteiger partial charge in [0.1, 0.15) is 6.61 Å². The molecule has 0 saturated carbocycles. The smallest absolute Gasteiger partial charge is 0.224 e. The number of nitrogens with zero attached hydrogens (tertiary/aromatic N) is 3. The van der Waals surface area contributed by atoms with Crippen LogP contribution in [0.1, 0.15) is 18.1 Å². The van der Waals surface area contributed by atoms with Crippen LogP contribution < -0.4 is 14.9 Å². The van der Waals surface area contributed by atoms with Crippen LogP contribution in [0.2, 0.25) is 0 Å². The monoisotopic (exact) mass is 478 g/mol. The number of ether oxygens (including phenoxy) is 2. The average molecular weight is 479 g/mol. The van der Waals surface area contributed by atoms with E-state index in [1.165, 1.54) is 0 Å². The molecule has 31 heavy (non-hydrogen) atoms. The molecule has 0 unspecified atom stereocenters. The van der Waals surface area contributed by atoms with Crippen LogP contribution in [0.15, 0.2) is 76.3 Å². The van der Waals surface area contributed by atoms with Gasteiger partial charge in [-0.05, 0) is 58.2 Å². The Morgan fingerprint density at radius 1 is 1.06 bits per heavy atom. The van der Waals surface area contributed by atoms with Crippen molar-refractivity contribution in [2.24, 2.45) is 12.1 Å². The zero-order valence-corrected chi connectivity index (χ0v) is 19.0. The minimum atomic E-state index is 0.460. The van der Waals surface area contributed by atoms with Gasteiger partial charge in [-0.3, -0.25) is 0 Å². The van der Waals surface area contributed by atoms with Crippen LogP contribution in [0.25, 0.3) is 11.0 Å². The van der Waals surface area contributed by atoms with Crippen molar-refractivity contribution in [1.29, 1.82) is 0 Å². The Balaban J connectivity index is 1.52. The molecule has 4 aromatic rings. The first-order valence-corrected chi connectivity index (χ1v) is 10.8. The Kier molecular flexibility index (Phi) is 6.52. The second kappa shape index (κ2) is 9.66. The molecule has 1 heterocycles. The molecule has 7 heteroatoms. The number of hydrogen-bond acceptors (Lipinski definition) is 5. The van der Waals surface area contributed by atoms with Gasteiger partial charge in [0.2, 0.25) is 5.95 Å². The summed E-state index contributed by atoms with van der Waals surface area (Å²) in [6, 6.07) is 21.9. The topological polar surface area (TPSA) is 60.7 Å². The summed E-state index contributed by atoms with van der Waals surface area (Å²) in [6.45, 7) is 2.94. The lowest BCUT2D eigenvalue weighted by atomic mass is 10.2. The predicted molar refractivity (Wildman–Crippen MR) is 128 cm³/mol. The molecule has 158 valence electrons. The van der Waals surface area contributed by atoms with E-state index in [1.807, 2.05) is 85.3 Å². The quantitative estimate of drug-likeness (QED) is 0.258. The number of aromatic nitrogens is 2. The average Bonchev–Trinajstić information content (AvgIpc) is 3.10. The van der Waals surface area contributed by atoms with Gasteiger partial charge in [0, 0.05) is 7.05 Å². The van der Waals surface area contributed by atoms with Crippen LogP contribution >= 0.6 is 15.9 Å². The van der Waals surface area contributed by atoms with Crippen molar-refractivity contribution in [3.63, 3.8) is 0 Å². The maximum atomic E-state index is 6.04. The van der Waals surface area contributed by atoms with E-state index in [-0.39, 0.29) is 0 Å². The number of halogens is 1. The van der Waals surface area contributed by atoms with E-state index in [2.05, 4.69) is 31.4 Å². The summed E-state index contributed by atoms with van der Waals surface area (Å²) in [7, 11) is 1.95. The number of benzene rings is 3. The molecule has 0 bridgehead atoms. The van der Waals surface area contributed by atoms with Gasteiger partial charge in [-0.1, -0.05) is 42.5 Å². The van der Waals surface area contributed by atoms with Crippen molar-refractivity contribution in [1.82, 2.24) is 9.55 Å². The van der Waals surface area contributed by atoms with Crippen LogP contribution in [0.4, 0.5) is 5.95 Å². The van der Waals surface area contributed by atoms with Crippen molar-refractivity contribution in [3.05, 3.63) is 82.3 Å². The minimum Gasteiger partial charge on any atom is -0.490 e. The summed E-state index contributed by atoms with van der Waals surface area (Å²) >= 11 is 3.61. The fourth-order valence-corrected chi connectivity index (χ4v) is 3.78. The normalized spacial score (nSPS) is 11.2. The molecule has 3 aromatic carbocycles. The molecule has 4 rings (SSSR count). The van der Waals surface area contributed by atoms with Crippen LogP contribution in [0.3, 0.4) is 0 Å². The third-order valence-electron chi connectivity index (χ3n) is 4.72. The van der Waals surface area contributed by atoms with Gasteiger partial charge in [0.15, 0.2) is 11.5 Å². The van der Waals surface area contributed by atoms with Crippen molar-refractivity contribution in [2.75, 3.05) is 12.0 Å². The molecule has 0 spiro atoms. The molecule has 1 N–H and O–H groups in total. The van der Waals surface area contributed by atoms with Crippen molar-refractivity contribution in [3.8, 4) is 11.5 Å². The van der Waals surface area contributed by atoms with Crippen LogP contribution in [0.5, 0.6) is 11.5 Å². The van der Waals surface area contributed by atoms with E-state index in [9.17, 15) is 0 Å². The maximum Gasteiger partial charge on any atom is 0.224 e. The van der Waals surface area contributed by atoms with Crippen molar-refractivity contribution < 1.29 is 9.47 Å². The number of aryl methyl sites for hydroxylation is 1. The first-order valence-electron chi connectivity index (χ1n) is 9.99. The fourth-order valence-electron chi connectivity index (χ4n) is 3.21. The van der Waals surface area contributed by atoms with Gasteiger partial charge >= 0.3 is 0 Å². The molecular formula is C24H23BrN4O2. The van der Waals surface area contributed by atoms with E-state index < -0.39 is 0 Å². The van der Waals surface area contributed by atoms with Gasteiger partial charge in [-0.15, -0.1) is 0 Å². The van der Waals surface area contributed by atoms with E-state index in [0.29, 0.717) is 30.7 Å². The molecule has 0 aliphatic heterocycles. The van der Waals surface area contributed by atoms with Gasteiger partial charge in [0.05, 0.1) is 28.3 Å². The lowest BCUT2D eigenvalue weighted by Gasteiger charge is -2.14. The Morgan fingerprint density at radius 3 is 2.61 bits per heavy atom. The molecular weight excluding hydrogens is 456 g/mol. The number of rotatable bonds is 8. The largest absolute Gasteiger partial charge is 0.490 e. The number of nitrogens with one attached hydrogen (secondary N) is 1. The van der Waals surface area contributed by atoms with Crippen LogP contribution in [0, 0.1) is 0 Å². The lowest BCUT2D eigenvalue weighted by molar-refractivity contribution is 0.267. The molecule has 0 aliphatic carbocycles. The van der Waals surface area contributed by atoms with E-state index >= 15 is 0 Å². The number of hydrogen-bond donors (Lipinski definition) is 1. The van der Waals surface area contributed by atoms with Gasteiger partial charge in [-0.2, -0.15) is 5.10 Å². The summed E-state index contributed by atoms with van der Waals surface area (Å²) in [4.78, 5) is 4.56. The van der Waals surface area contributed by atoms with E-state index in [0.717, 1.165) is 26.6 Å². The number of para-hydroxylation sites is 2. The standard InChI is InChI=1S/C24H23BrN4O2/c1-3-30-22-14-18(13-19(25)23(22)31-16-17-9-5-4-6-10-17)15-26-28-24-27-20-11-7-8-12-21(20)29(24)2/h4-15H,3,16H2,1-2H3,(H,27,28)/b26-15-. The Labute approximate surface area is 189 Å². The van der Waals surface area contributed by atoms with E-state index in [4.69, 9.17) is 9.47 Å². The number of hydrazone groups is 1. The summed E-state index contributed by atoms with van der Waals surface area (Å²) < 4.78 is 14.6. The van der Waals surface area contributed by atoms with Gasteiger partial charge < -0.3 is 14.0 Å². The molecule has 0 radical (unpaired) electrons. The van der Waals surface area contributed by atoms with E-state index in [1.54, 1.807) is 6.21 Å². The molecule has 0 aliphatic rings. The lowest BCUT2D eigenvalue weighted by Crippen LogP contribution is -2.02. The molecule has 0 atom stereocenters. The fraction of sp³-hybridized carbons (Fsp3) is 0.167. The molecule has 0 fully saturated rings. The highest BCUT2D eigenvalue weighted by Crippen LogP contribution is 2.37. The third kappa shape index (κ3) is 4.88. The molecule has 1 aromatic heterocycles. The number of imidazole rings is 1. The summed E-state index contributed by atoms with van der Waals surface area (Å²) in [6.07, 6.45) is 1.73. The Hall–Kier alpha value is -3.32. The van der Waals surface area contributed by atoms with Crippen molar-refractivity contribution >= 4 is 39.1 Å². The van der Waals surface area contributed by atoms with Crippen LogP contribution in [-0.4, -0.2) is 22.4 Å². The van der Waals surface area contributed by atoms with Gasteiger partial charge in [-0.25, -0.2) is 10.4 Å². The summed E-state index contributed by atoms with van der Waals surface area (Å²) in [5, 5.41) is 4.36. The first-order chi connectivity index (χ1) is 15.2. The van der Waals surface area contributed by atoms with Crippen molar-refractivity contribution in [2.45, 2.75) is 13.5 Å². The van der Waals surface area contributed by atoms with Crippen LogP contribution in [-0.2, 0) is 13.7 Å². The highest BCUT2D eigenvalue weighted by atomic mass is 79.9. The molecule has 0 saturated heterocycles. The third-order valence-corrected chi connectivity index (χ3v) is 5.31. The SMILES string of the molecule is CCOc1cc(/C=N\Nc2nc3ccccc3n2C)cc(Br)c1OCc1ccccc1. The number of fused-ring (bicyclic) bond motifs is 1. The molecule has 0 amide bonds. The maximum absolute atomic E-state index is 6.04. The minimum absolute atomic E-state index is 0.460. The second-order valence-corrected chi connectivity index (χ2v) is 7.74. The zero-order chi connectivity index (χ0) is 21.6. The highest BCUT2D eigenvalue weighted by Gasteiger charge is 2.12. The summed E-state index contributed by atoms with van der Waals surface area (Å²) in [5.41, 5.74) is 6.94. The Morgan fingerprint density at radius 2 is 1.84 bits per heavy atom.